The Hall–Kier alpha value is -1.06. The molecule has 1 unspecified atom stereocenters. The summed E-state index contributed by atoms with van der Waals surface area (Å²) in [6.45, 7) is 8.91. The summed E-state index contributed by atoms with van der Waals surface area (Å²) >= 11 is 0. The van der Waals surface area contributed by atoms with Gasteiger partial charge >= 0.3 is 11.9 Å². The third-order valence-corrected chi connectivity index (χ3v) is 6.45. The second kappa shape index (κ2) is 24.1. The summed E-state index contributed by atoms with van der Waals surface area (Å²) in [7, 11) is 0. The molecule has 0 aromatic carbocycles. The fourth-order valence-electron chi connectivity index (χ4n) is 4.20. The highest BCUT2D eigenvalue weighted by Crippen LogP contribution is 2.14. The highest BCUT2D eigenvalue weighted by atomic mass is 16.5. The van der Waals surface area contributed by atoms with E-state index in [4.69, 9.17) is 9.47 Å². The lowest BCUT2D eigenvalue weighted by Gasteiger charge is -2.19. The van der Waals surface area contributed by atoms with Crippen molar-refractivity contribution in [1.82, 2.24) is 0 Å². The highest BCUT2D eigenvalue weighted by Gasteiger charge is 2.16. The van der Waals surface area contributed by atoms with Gasteiger partial charge in [-0.3, -0.25) is 9.59 Å². The van der Waals surface area contributed by atoms with Crippen LogP contribution in [-0.4, -0.2) is 24.6 Å². The number of carbonyl (C=O) groups is 2. The minimum absolute atomic E-state index is 0.0284. The predicted octanol–water partition coefficient (Wildman–Crippen LogP) is 8.94. The van der Waals surface area contributed by atoms with E-state index in [0.717, 1.165) is 19.3 Å². The molecule has 1 atom stereocenters. The van der Waals surface area contributed by atoms with Crippen LogP contribution in [0, 0.1) is 5.92 Å². The van der Waals surface area contributed by atoms with Crippen molar-refractivity contribution in [2.75, 3.05) is 6.61 Å². The van der Waals surface area contributed by atoms with Gasteiger partial charge in [-0.1, -0.05) is 124 Å². The number of esters is 2. The van der Waals surface area contributed by atoms with Crippen molar-refractivity contribution in [2.24, 2.45) is 5.92 Å². The molecule has 0 aliphatic carbocycles. The van der Waals surface area contributed by atoms with Crippen LogP contribution in [0.1, 0.15) is 156 Å². The first-order valence-electron chi connectivity index (χ1n) is 14.4. The number of carbonyl (C=O) groups excluding carboxylic acids is 2. The van der Waals surface area contributed by atoms with Crippen LogP contribution in [0.4, 0.5) is 0 Å². The molecule has 0 spiro atoms. The fourth-order valence-corrected chi connectivity index (χ4v) is 4.20. The van der Waals surface area contributed by atoms with E-state index < -0.39 is 0 Å². The maximum absolute atomic E-state index is 11.8. The summed E-state index contributed by atoms with van der Waals surface area (Å²) in [5.41, 5.74) is 0. The van der Waals surface area contributed by atoms with Gasteiger partial charge in [0.05, 0.1) is 6.61 Å². The first kappa shape index (κ1) is 31.9. The molecule has 0 saturated heterocycles. The van der Waals surface area contributed by atoms with Crippen molar-refractivity contribution in [1.29, 1.82) is 0 Å². The lowest BCUT2D eigenvalue weighted by molar-refractivity contribution is -0.151. The molecule has 0 heterocycles. The Labute approximate surface area is 206 Å². The molecule has 0 bridgehead atoms. The summed E-state index contributed by atoms with van der Waals surface area (Å²) < 4.78 is 10.7. The molecule has 33 heavy (non-hydrogen) atoms. The van der Waals surface area contributed by atoms with Crippen molar-refractivity contribution in [3.63, 3.8) is 0 Å². The Morgan fingerprint density at radius 2 is 1.00 bits per heavy atom. The van der Waals surface area contributed by atoms with Crippen molar-refractivity contribution < 1.29 is 19.1 Å². The number of rotatable bonds is 24. The van der Waals surface area contributed by atoms with E-state index in [1.807, 2.05) is 6.92 Å². The van der Waals surface area contributed by atoms with Crippen molar-refractivity contribution in [3.8, 4) is 0 Å². The lowest BCUT2D eigenvalue weighted by atomic mass is 10.0. The standard InChI is InChI=1S/C29H56O4/c1-5-7-8-9-10-11-12-13-14-15-16-17-18-19-20-21-25-32-28(30)23-22-24-29(31)33-27(6-2)26(3)4/h26-27H,5-25H2,1-4H3. The summed E-state index contributed by atoms with van der Waals surface area (Å²) in [6, 6.07) is 0. The minimum Gasteiger partial charge on any atom is -0.466 e. The molecular formula is C29H56O4. The molecule has 0 radical (unpaired) electrons. The molecule has 0 N–H and O–H groups in total. The van der Waals surface area contributed by atoms with E-state index in [1.165, 1.54) is 89.9 Å². The first-order valence-corrected chi connectivity index (χ1v) is 14.4. The van der Waals surface area contributed by atoms with Crippen LogP contribution < -0.4 is 0 Å². The van der Waals surface area contributed by atoms with Crippen molar-refractivity contribution in [3.05, 3.63) is 0 Å². The molecule has 0 aromatic heterocycles. The molecule has 4 heteroatoms. The maximum atomic E-state index is 11.8. The van der Waals surface area contributed by atoms with Gasteiger partial charge in [-0.25, -0.2) is 0 Å². The summed E-state index contributed by atoms with van der Waals surface area (Å²) in [5.74, 6) is -0.0792. The van der Waals surface area contributed by atoms with E-state index in [-0.39, 0.29) is 24.5 Å². The monoisotopic (exact) mass is 468 g/mol. The van der Waals surface area contributed by atoms with Gasteiger partial charge in [0.15, 0.2) is 0 Å². The predicted molar refractivity (Wildman–Crippen MR) is 139 cm³/mol. The zero-order chi connectivity index (χ0) is 24.6. The minimum atomic E-state index is -0.207. The molecule has 196 valence electrons. The van der Waals surface area contributed by atoms with Crippen LogP contribution in [0.5, 0.6) is 0 Å². The average molecular weight is 469 g/mol. The van der Waals surface area contributed by atoms with Crippen molar-refractivity contribution >= 4 is 11.9 Å². The second-order valence-corrected chi connectivity index (χ2v) is 10.1. The van der Waals surface area contributed by atoms with Crippen molar-refractivity contribution in [2.45, 2.75) is 162 Å². The molecule has 0 rings (SSSR count). The van der Waals surface area contributed by atoms with Crippen LogP contribution in [0.2, 0.25) is 0 Å². The molecule has 0 amide bonds. The maximum Gasteiger partial charge on any atom is 0.306 e. The summed E-state index contributed by atoms with van der Waals surface area (Å²) in [6.07, 6.45) is 23.3. The Balaban J connectivity index is 3.33. The highest BCUT2D eigenvalue weighted by molar-refractivity contribution is 5.72. The molecule has 0 aliphatic rings. The van der Waals surface area contributed by atoms with Gasteiger partial charge in [-0.05, 0) is 25.2 Å². The largest absolute Gasteiger partial charge is 0.466 e. The van der Waals surface area contributed by atoms with Crippen LogP contribution in [0.25, 0.3) is 0 Å². The Morgan fingerprint density at radius 3 is 1.42 bits per heavy atom. The van der Waals surface area contributed by atoms with E-state index in [0.29, 0.717) is 25.4 Å². The molecule has 0 fully saturated rings. The van der Waals surface area contributed by atoms with Gasteiger partial charge in [0.1, 0.15) is 6.10 Å². The van der Waals surface area contributed by atoms with E-state index in [1.54, 1.807) is 0 Å². The van der Waals surface area contributed by atoms with Crippen LogP contribution in [0.3, 0.4) is 0 Å². The summed E-state index contributed by atoms with van der Waals surface area (Å²) in [5, 5.41) is 0. The molecule has 0 aliphatic heterocycles. The Kier molecular flexibility index (Phi) is 23.3. The number of hydrogen-bond donors (Lipinski definition) is 0. The molecule has 0 aromatic rings. The normalized spacial score (nSPS) is 12.2. The Morgan fingerprint density at radius 1 is 0.576 bits per heavy atom. The summed E-state index contributed by atoms with van der Waals surface area (Å²) in [4.78, 5) is 23.6. The Bertz CT molecular complexity index is 447. The van der Waals surface area contributed by atoms with Gasteiger partial charge < -0.3 is 9.47 Å². The quantitative estimate of drug-likeness (QED) is 0.105. The zero-order valence-corrected chi connectivity index (χ0v) is 22.6. The number of hydrogen-bond acceptors (Lipinski definition) is 4. The first-order chi connectivity index (χ1) is 16.0. The number of unbranched alkanes of at least 4 members (excludes halogenated alkanes) is 15. The lowest BCUT2D eigenvalue weighted by Crippen LogP contribution is -2.22. The van der Waals surface area contributed by atoms with Gasteiger partial charge in [0.2, 0.25) is 0 Å². The van der Waals surface area contributed by atoms with Crippen LogP contribution >= 0.6 is 0 Å². The van der Waals surface area contributed by atoms with E-state index in [2.05, 4.69) is 20.8 Å². The molecule has 0 saturated carbocycles. The third-order valence-electron chi connectivity index (χ3n) is 6.45. The van der Waals surface area contributed by atoms with E-state index in [9.17, 15) is 9.59 Å². The fraction of sp³-hybridized carbons (Fsp3) is 0.931. The molecular weight excluding hydrogens is 412 g/mol. The SMILES string of the molecule is CCCCCCCCCCCCCCCCCCOC(=O)CCCC(=O)OC(CC)C(C)C. The average Bonchev–Trinajstić information content (AvgIpc) is 2.79. The van der Waals surface area contributed by atoms with E-state index >= 15 is 0 Å². The zero-order valence-electron chi connectivity index (χ0n) is 22.6. The van der Waals surface area contributed by atoms with Crippen LogP contribution in [0.15, 0.2) is 0 Å². The molecule has 4 nitrogen and oxygen atoms in total. The van der Waals surface area contributed by atoms with Gasteiger partial charge in [-0.15, -0.1) is 0 Å². The topological polar surface area (TPSA) is 52.6 Å². The van der Waals surface area contributed by atoms with Gasteiger partial charge in [0, 0.05) is 12.8 Å². The smallest absolute Gasteiger partial charge is 0.306 e. The van der Waals surface area contributed by atoms with Crippen LogP contribution in [-0.2, 0) is 19.1 Å². The van der Waals surface area contributed by atoms with Gasteiger partial charge in [-0.2, -0.15) is 0 Å². The number of ether oxygens (including phenoxy) is 2. The second-order valence-electron chi connectivity index (χ2n) is 10.1. The third kappa shape index (κ3) is 22.5. The van der Waals surface area contributed by atoms with Gasteiger partial charge in [0.25, 0.3) is 0 Å².